The van der Waals surface area contributed by atoms with Gasteiger partial charge < -0.3 is 24.6 Å². The number of methoxy groups -OCH3 is 2. The van der Waals surface area contributed by atoms with Crippen LogP contribution in [0.5, 0.6) is 11.5 Å². The SMILES string of the molecule is COc1ccc(Cl)cc1NC(=O)c1cnc(N2CCN(c3ccccc3OC)CC2)c2ccccc12. The normalized spacial score (nSPS) is 13.5. The molecule has 1 aliphatic heterocycles. The number of pyridine rings is 1. The van der Waals surface area contributed by atoms with Gasteiger partial charge >= 0.3 is 0 Å². The molecule has 7 nitrogen and oxygen atoms in total. The summed E-state index contributed by atoms with van der Waals surface area (Å²) in [5.41, 5.74) is 2.10. The highest BCUT2D eigenvalue weighted by molar-refractivity contribution is 6.31. The average molecular weight is 503 g/mol. The molecule has 0 unspecified atom stereocenters. The van der Waals surface area contributed by atoms with Gasteiger partial charge in [0.15, 0.2) is 0 Å². The van der Waals surface area contributed by atoms with Gasteiger partial charge in [0.2, 0.25) is 0 Å². The zero-order valence-corrected chi connectivity index (χ0v) is 21.0. The first kappa shape index (κ1) is 23.8. The van der Waals surface area contributed by atoms with Gasteiger partial charge in [0.1, 0.15) is 17.3 Å². The third-order valence-electron chi connectivity index (χ3n) is 6.43. The van der Waals surface area contributed by atoms with Crippen molar-refractivity contribution >= 4 is 45.5 Å². The van der Waals surface area contributed by atoms with E-state index in [1.165, 1.54) is 0 Å². The van der Waals surface area contributed by atoms with Gasteiger partial charge in [-0.1, -0.05) is 48.0 Å². The van der Waals surface area contributed by atoms with Crippen LogP contribution in [0.3, 0.4) is 0 Å². The first-order valence-corrected chi connectivity index (χ1v) is 12.1. The lowest BCUT2D eigenvalue weighted by Gasteiger charge is -2.37. The van der Waals surface area contributed by atoms with Gasteiger partial charge in [-0.05, 0) is 35.7 Å². The van der Waals surface area contributed by atoms with E-state index in [4.69, 9.17) is 26.1 Å². The quantitative estimate of drug-likeness (QED) is 0.376. The number of rotatable bonds is 6. The third kappa shape index (κ3) is 4.62. The van der Waals surface area contributed by atoms with Crippen molar-refractivity contribution in [2.45, 2.75) is 0 Å². The molecule has 0 saturated carbocycles. The fourth-order valence-corrected chi connectivity index (χ4v) is 4.80. The van der Waals surface area contributed by atoms with E-state index in [0.29, 0.717) is 22.0 Å². The number of nitrogens with zero attached hydrogens (tertiary/aromatic N) is 3. The second kappa shape index (κ2) is 10.3. The van der Waals surface area contributed by atoms with Crippen LogP contribution in [0.1, 0.15) is 10.4 Å². The van der Waals surface area contributed by atoms with Crippen LogP contribution >= 0.6 is 11.6 Å². The van der Waals surface area contributed by atoms with Crippen molar-refractivity contribution in [2.24, 2.45) is 0 Å². The highest BCUT2D eigenvalue weighted by atomic mass is 35.5. The predicted molar refractivity (Wildman–Crippen MR) is 145 cm³/mol. The lowest BCUT2D eigenvalue weighted by atomic mass is 10.1. The fraction of sp³-hybridized carbons (Fsp3) is 0.214. The van der Waals surface area contributed by atoms with Crippen LogP contribution in [0.2, 0.25) is 5.02 Å². The largest absolute Gasteiger partial charge is 0.495 e. The minimum atomic E-state index is -0.271. The van der Waals surface area contributed by atoms with E-state index in [1.54, 1.807) is 38.6 Å². The van der Waals surface area contributed by atoms with Gasteiger partial charge in [-0.15, -0.1) is 0 Å². The van der Waals surface area contributed by atoms with E-state index in [2.05, 4.69) is 21.2 Å². The molecule has 1 aliphatic rings. The Balaban J connectivity index is 1.40. The Kier molecular flexibility index (Phi) is 6.82. The number of anilines is 3. The summed E-state index contributed by atoms with van der Waals surface area (Å²) in [6, 6.07) is 21.1. The van der Waals surface area contributed by atoms with Gasteiger partial charge in [0.25, 0.3) is 5.91 Å². The minimum absolute atomic E-state index is 0.271. The summed E-state index contributed by atoms with van der Waals surface area (Å²) in [6.45, 7) is 3.29. The smallest absolute Gasteiger partial charge is 0.257 e. The molecular weight excluding hydrogens is 476 g/mol. The van der Waals surface area contributed by atoms with Crippen LogP contribution < -0.4 is 24.6 Å². The number of amides is 1. The van der Waals surface area contributed by atoms with Crippen molar-refractivity contribution in [3.63, 3.8) is 0 Å². The molecule has 2 heterocycles. The van der Waals surface area contributed by atoms with Crippen molar-refractivity contribution in [3.8, 4) is 11.5 Å². The first-order valence-electron chi connectivity index (χ1n) is 11.7. The third-order valence-corrected chi connectivity index (χ3v) is 6.67. The monoisotopic (exact) mass is 502 g/mol. The topological polar surface area (TPSA) is 66.9 Å². The molecule has 8 heteroatoms. The molecule has 0 radical (unpaired) electrons. The van der Waals surface area contributed by atoms with Crippen molar-refractivity contribution in [3.05, 3.63) is 83.5 Å². The molecule has 0 bridgehead atoms. The number of ether oxygens (including phenoxy) is 2. The summed E-state index contributed by atoms with van der Waals surface area (Å²) >= 11 is 6.14. The number of para-hydroxylation sites is 2. The molecule has 184 valence electrons. The van der Waals surface area contributed by atoms with E-state index < -0.39 is 0 Å². The number of carbonyl (C=O) groups is 1. The van der Waals surface area contributed by atoms with Crippen LogP contribution in [0.15, 0.2) is 72.9 Å². The van der Waals surface area contributed by atoms with E-state index in [1.807, 2.05) is 42.5 Å². The number of benzene rings is 3. The number of hydrogen-bond acceptors (Lipinski definition) is 6. The number of carbonyl (C=O) groups excluding carboxylic acids is 1. The first-order chi connectivity index (χ1) is 17.6. The predicted octanol–water partition coefficient (Wildman–Crippen LogP) is 5.48. The lowest BCUT2D eigenvalue weighted by Crippen LogP contribution is -2.47. The minimum Gasteiger partial charge on any atom is -0.495 e. The van der Waals surface area contributed by atoms with Gasteiger partial charge in [0, 0.05) is 42.8 Å². The Hall–Kier alpha value is -3.97. The second-order valence-electron chi connectivity index (χ2n) is 8.49. The van der Waals surface area contributed by atoms with Crippen LogP contribution in [0, 0.1) is 0 Å². The van der Waals surface area contributed by atoms with E-state index in [-0.39, 0.29) is 5.91 Å². The lowest BCUT2D eigenvalue weighted by molar-refractivity contribution is 0.102. The molecule has 3 aromatic carbocycles. The molecule has 4 aromatic rings. The summed E-state index contributed by atoms with van der Waals surface area (Å²) in [5.74, 6) is 2.02. The number of halogens is 1. The molecule has 5 rings (SSSR count). The maximum Gasteiger partial charge on any atom is 0.257 e. The number of aromatic nitrogens is 1. The van der Waals surface area contributed by atoms with Crippen molar-refractivity contribution in [2.75, 3.05) is 55.5 Å². The Morgan fingerprint density at radius 2 is 1.53 bits per heavy atom. The molecule has 1 amide bonds. The zero-order chi connectivity index (χ0) is 25.1. The Morgan fingerprint density at radius 3 is 2.28 bits per heavy atom. The van der Waals surface area contributed by atoms with Crippen LogP contribution in [0.4, 0.5) is 17.2 Å². The van der Waals surface area contributed by atoms with Crippen LogP contribution in [-0.2, 0) is 0 Å². The summed E-state index contributed by atoms with van der Waals surface area (Å²) in [6.07, 6.45) is 1.65. The van der Waals surface area contributed by atoms with Gasteiger partial charge in [-0.2, -0.15) is 0 Å². The van der Waals surface area contributed by atoms with Crippen LogP contribution in [0.25, 0.3) is 10.8 Å². The maximum absolute atomic E-state index is 13.3. The molecule has 0 spiro atoms. The van der Waals surface area contributed by atoms with Gasteiger partial charge in [-0.25, -0.2) is 4.98 Å². The number of fused-ring (bicyclic) bond motifs is 1. The highest BCUT2D eigenvalue weighted by Gasteiger charge is 2.23. The van der Waals surface area contributed by atoms with Crippen molar-refractivity contribution in [1.29, 1.82) is 0 Å². The Bertz CT molecular complexity index is 1400. The zero-order valence-electron chi connectivity index (χ0n) is 20.2. The molecule has 1 N–H and O–H groups in total. The van der Waals surface area contributed by atoms with E-state index >= 15 is 0 Å². The fourth-order valence-electron chi connectivity index (χ4n) is 4.63. The summed E-state index contributed by atoms with van der Waals surface area (Å²) in [5, 5.41) is 5.21. The Labute approximate surface area is 215 Å². The van der Waals surface area contributed by atoms with Crippen LogP contribution in [-0.4, -0.2) is 51.3 Å². The highest BCUT2D eigenvalue weighted by Crippen LogP contribution is 2.33. The molecular formula is C28H27ClN4O3. The summed E-state index contributed by atoms with van der Waals surface area (Å²) < 4.78 is 10.9. The molecule has 36 heavy (non-hydrogen) atoms. The summed E-state index contributed by atoms with van der Waals surface area (Å²) in [4.78, 5) is 22.6. The van der Waals surface area contributed by atoms with Crippen molar-refractivity contribution in [1.82, 2.24) is 4.98 Å². The molecule has 1 saturated heterocycles. The standard InChI is InChI=1S/C28H27ClN4O3/c1-35-25-12-11-19(29)17-23(25)31-28(34)22-18-30-27(21-8-4-3-7-20(21)22)33-15-13-32(14-16-33)24-9-5-6-10-26(24)36-2/h3-12,17-18H,13-16H2,1-2H3,(H,31,34). The van der Waals surface area contributed by atoms with E-state index in [9.17, 15) is 4.79 Å². The molecule has 1 aromatic heterocycles. The van der Waals surface area contributed by atoms with E-state index in [0.717, 1.165) is 54.2 Å². The van der Waals surface area contributed by atoms with Gasteiger partial charge in [-0.3, -0.25) is 4.79 Å². The maximum atomic E-state index is 13.3. The molecule has 1 fully saturated rings. The van der Waals surface area contributed by atoms with Gasteiger partial charge in [0.05, 0.1) is 31.2 Å². The average Bonchev–Trinajstić information content (AvgIpc) is 2.92. The Morgan fingerprint density at radius 1 is 0.861 bits per heavy atom. The number of nitrogens with one attached hydrogen (secondary N) is 1. The second-order valence-corrected chi connectivity index (χ2v) is 8.92. The summed E-state index contributed by atoms with van der Waals surface area (Å²) in [7, 11) is 3.25. The van der Waals surface area contributed by atoms with Crippen molar-refractivity contribution < 1.29 is 14.3 Å². The number of hydrogen-bond donors (Lipinski definition) is 1. The molecule has 0 atom stereocenters. The molecule has 0 aliphatic carbocycles. The number of piperazine rings is 1.